The fourth-order valence-electron chi connectivity index (χ4n) is 1.97. The Balaban J connectivity index is 1.86. The molecule has 8 heteroatoms. The van der Waals surface area contributed by atoms with Gasteiger partial charge in [0, 0.05) is 6.04 Å². The third-order valence-electron chi connectivity index (χ3n) is 2.96. The number of halogens is 2. The SMILES string of the molecule is O=C(CNC1CS(=O)(=O)CC1Cl)Nc1ccccc1Cl. The minimum absolute atomic E-state index is 0.0192. The number of anilines is 1. The van der Waals surface area contributed by atoms with Crippen LogP contribution in [0.5, 0.6) is 0 Å². The van der Waals surface area contributed by atoms with Crippen molar-refractivity contribution in [1.82, 2.24) is 5.32 Å². The molecule has 1 aliphatic heterocycles. The number of hydrogen-bond acceptors (Lipinski definition) is 4. The average molecular weight is 337 g/mol. The highest BCUT2D eigenvalue weighted by Gasteiger charge is 2.36. The van der Waals surface area contributed by atoms with E-state index in [1.165, 1.54) is 0 Å². The Morgan fingerprint density at radius 1 is 1.30 bits per heavy atom. The Kier molecular flexibility index (Phi) is 4.90. The third kappa shape index (κ3) is 4.09. The predicted octanol–water partition coefficient (Wildman–Crippen LogP) is 1.27. The lowest BCUT2D eigenvalue weighted by atomic mass is 10.2. The summed E-state index contributed by atoms with van der Waals surface area (Å²) in [6.45, 7) is -0.0192. The van der Waals surface area contributed by atoms with Gasteiger partial charge in [-0.15, -0.1) is 11.6 Å². The lowest BCUT2D eigenvalue weighted by molar-refractivity contribution is -0.115. The number of rotatable bonds is 4. The summed E-state index contributed by atoms with van der Waals surface area (Å²) in [5.74, 6) is -0.398. The summed E-state index contributed by atoms with van der Waals surface area (Å²) in [4.78, 5) is 11.8. The highest BCUT2D eigenvalue weighted by Crippen LogP contribution is 2.20. The smallest absolute Gasteiger partial charge is 0.238 e. The normalized spacial score (nSPS) is 24.5. The summed E-state index contributed by atoms with van der Waals surface area (Å²) in [6.07, 6.45) is 0. The van der Waals surface area contributed by atoms with E-state index in [9.17, 15) is 13.2 Å². The highest BCUT2D eigenvalue weighted by atomic mass is 35.5. The Hall–Kier alpha value is -0.820. The molecule has 0 spiro atoms. The first-order chi connectivity index (χ1) is 9.37. The number of sulfone groups is 1. The van der Waals surface area contributed by atoms with Crippen molar-refractivity contribution in [3.8, 4) is 0 Å². The zero-order valence-corrected chi connectivity index (χ0v) is 12.8. The number of carbonyl (C=O) groups is 1. The van der Waals surface area contributed by atoms with Gasteiger partial charge < -0.3 is 10.6 Å². The lowest BCUT2D eigenvalue weighted by Gasteiger charge is -2.14. The van der Waals surface area contributed by atoms with E-state index < -0.39 is 21.3 Å². The molecule has 1 aliphatic rings. The van der Waals surface area contributed by atoms with Gasteiger partial charge in [0.15, 0.2) is 9.84 Å². The monoisotopic (exact) mass is 336 g/mol. The maximum Gasteiger partial charge on any atom is 0.238 e. The highest BCUT2D eigenvalue weighted by molar-refractivity contribution is 7.91. The molecule has 1 aromatic rings. The Morgan fingerprint density at radius 3 is 2.60 bits per heavy atom. The van der Waals surface area contributed by atoms with Crippen LogP contribution in [0.15, 0.2) is 24.3 Å². The Labute approximate surface area is 127 Å². The second-order valence-electron chi connectivity index (χ2n) is 4.61. The van der Waals surface area contributed by atoms with Crippen LogP contribution in [-0.2, 0) is 14.6 Å². The van der Waals surface area contributed by atoms with Gasteiger partial charge in [-0.3, -0.25) is 4.79 Å². The largest absolute Gasteiger partial charge is 0.324 e. The van der Waals surface area contributed by atoms with E-state index in [-0.39, 0.29) is 24.0 Å². The summed E-state index contributed by atoms with van der Waals surface area (Å²) in [5, 5.41) is 5.44. The molecule has 2 unspecified atom stereocenters. The van der Waals surface area contributed by atoms with E-state index >= 15 is 0 Å². The fourth-order valence-corrected chi connectivity index (χ4v) is 4.77. The molecule has 5 nitrogen and oxygen atoms in total. The first-order valence-corrected chi connectivity index (χ1v) is 8.63. The van der Waals surface area contributed by atoms with Crippen LogP contribution in [0.1, 0.15) is 0 Å². The first kappa shape index (κ1) is 15.6. The maximum absolute atomic E-state index is 11.8. The van der Waals surface area contributed by atoms with Crippen LogP contribution in [0.2, 0.25) is 5.02 Å². The van der Waals surface area contributed by atoms with Crippen molar-refractivity contribution in [3.63, 3.8) is 0 Å². The minimum Gasteiger partial charge on any atom is -0.324 e. The average Bonchev–Trinajstić information content (AvgIpc) is 2.63. The summed E-state index contributed by atoms with van der Waals surface area (Å²) in [7, 11) is -3.11. The van der Waals surface area contributed by atoms with Crippen molar-refractivity contribution in [1.29, 1.82) is 0 Å². The predicted molar refractivity (Wildman–Crippen MR) is 80.2 cm³/mol. The van der Waals surface area contributed by atoms with Crippen LogP contribution in [0.3, 0.4) is 0 Å². The molecule has 2 atom stereocenters. The van der Waals surface area contributed by atoms with Gasteiger partial charge in [0.05, 0.1) is 34.1 Å². The molecule has 1 fully saturated rings. The van der Waals surface area contributed by atoms with Gasteiger partial charge in [-0.25, -0.2) is 8.42 Å². The molecular formula is C12H14Cl2N2O3S. The van der Waals surface area contributed by atoms with Crippen molar-refractivity contribution in [3.05, 3.63) is 29.3 Å². The van der Waals surface area contributed by atoms with Crippen LogP contribution in [0.4, 0.5) is 5.69 Å². The standard InChI is InChI=1S/C12H14Cl2N2O3S/c13-8-3-1-2-4-10(8)16-12(17)5-15-11-7-20(18,19)6-9(11)14/h1-4,9,11,15H,5-7H2,(H,16,17). The van der Waals surface area contributed by atoms with E-state index in [0.717, 1.165) is 0 Å². The number of para-hydroxylation sites is 1. The molecule has 1 amide bonds. The molecule has 2 N–H and O–H groups in total. The van der Waals surface area contributed by atoms with Gasteiger partial charge >= 0.3 is 0 Å². The van der Waals surface area contributed by atoms with Gasteiger partial charge in [-0.05, 0) is 12.1 Å². The molecule has 1 aromatic carbocycles. The molecule has 0 radical (unpaired) electrons. The van der Waals surface area contributed by atoms with E-state index in [1.807, 2.05) is 0 Å². The zero-order valence-electron chi connectivity index (χ0n) is 10.5. The number of carbonyl (C=O) groups excluding carboxylic acids is 1. The molecule has 1 heterocycles. The van der Waals surface area contributed by atoms with E-state index in [0.29, 0.717) is 10.7 Å². The van der Waals surface area contributed by atoms with Crippen molar-refractivity contribution >= 4 is 44.6 Å². The van der Waals surface area contributed by atoms with Gasteiger partial charge in [-0.2, -0.15) is 0 Å². The quantitative estimate of drug-likeness (QED) is 0.812. The van der Waals surface area contributed by atoms with Crippen molar-refractivity contribution in [2.24, 2.45) is 0 Å². The summed E-state index contributed by atoms with van der Waals surface area (Å²) >= 11 is 11.9. The second kappa shape index (κ2) is 6.30. The summed E-state index contributed by atoms with van der Waals surface area (Å²) < 4.78 is 22.8. The second-order valence-corrected chi connectivity index (χ2v) is 7.73. The lowest BCUT2D eigenvalue weighted by Crippen LogP contribution is -2.41. The number of benzene rings is 1. The molecule has 0 aliphatic carbocycles. The number of amides is 1. The topological polar surface area (TPSA) is 75.3 Å². The molecule has 1 saturated heterocycles. The van der Waals surface area contributed by atoms with Crippen LogP contribution in [0, 0.1) is 0 Å². The van der Waals surface area contributed by atoms with Gasteiger partial charge in [0.2, 0.25) is 5.91 Å². The zero-order chi connectivity index (χ0) is 14.8. The minimum atomic E-state index is -3.11. The van der Waals surface area contributed by atoms with Crippen LogP contribution >= 0.6 is 23.2 Å². The number of alkyl halides is 1. The van der Waals surface area contributed by atoms with E-state index in [4.69, 9.17) is 23.2 Å². The van der Waals surface area contributed by atoms with Gasteiger partial charge in [-0.1, -0.05) is 23.7 Å². The maximum atomic E-state index is 11.8. The van der Waals surface area contributed by atoms with Gasteiger partial charge in [0.25, 0.3) is 0 Å². The van der Waals surface area contributed by atoms with E-state index in [2.05, 4.69) is 10.6 Å². The number of hydrogen-bond donors (Lipinski definition) is 2. The molecular weight excluding hydrogens is 323 g/mol. The van der Waals surface area contributed by atoms with E-state index in [1.54, 1.807) is 24.3 Å². The molecule has 20 heavy (non-hydrogen) atoms. The fraction of sp³-hybridized carbons (Fsp3) is 0.417. The summed E-state index contributed by atoms with van der Waals surface area (Å²) in [5.41, 5.74) is 0.516. The van der Waals surface area contributed by atoms with Crippen molar-refractivity contribution in [2.75, 3.05) is 23.4 Å². The third-order valence-corrected chi connectivity index (χ3v) is 5.66. The molecule has 0 saturated carbocycles. The van der Waals surface area contributed by atoms with Crippen LogP contribution in [0.25, 0.3) is 0 Å². The first-order valence-electron chi connectivity index (χ1n) is 5.99. The summed E-state index contributed by atoms with van der Waals surface area (Å²) in [6, 6.07) is 6.47. The van der Waals surface area contributed by atoms with Crippen LogP contribution < -0.4 is 10.6 Å². The molecule has 110 valence electrons. The number of nitrogens with one attached hydrogen (secondary N) is 2. The molecule has 0 aromatic heterocycles. The van der Waals surface area contributed by atoms with Crippen LogP contribution in [-0.4, -0.2) is 43.8 Å². The van der Waals surface area contributed by atoms with Crippen molar-refractivity contribution < 1.29 is 13.2 Å². The van der Waals surface area contributed by atoms with Crippen molar-refractivity contribution in [2.45, 2.75) is 11.4 Å². The Morgan fingerprint density at radius 2 is 2.00 bits per heavy atom. The molecule has 2 rings (SSSR count). The van der Waals surface area contributed by atoms with Gasteiger partial charge in [0.1, 0.15) is 0 Å². The molecule has 0 bridgehead atoms. The Bertz CT molecular complexity index is 606.